The SMILES string of the molecule is COc1cc(C)c([C@H](C)NC(=O)[C@@H](C)Oc2ccccc2)cc1C(C)C. The number of amides is 1. The van der Waals surface area contributed by atoms with E-state index in [0.29, 0.717) is 11.7 Å². The van der Waals surface area contributed by atoms with Gasteiger partial charge in [-0.1, -0.05) is 32.0 Å². The van der Waals surface area contributed by atoms with Crippen molar-refractivity contribution in [3.63, 3.8) is 0 Å². The van der Waals surface area contributed by atoms with Gasteiger partial charge in [-0.25, -0.2) is 0 Å². The van der Waals surface area contributed by atoms with Crippen molar-refractivity contribution in [1.82, 2.24) is 5.32 Å². The lowest BCUT2D eigenvalue weighted by Crippen LogP contribution is -2.38. The van der Waals surface area contributed by atoms with Crippen molar-refractivity contribution in [2.45, 2.75) is 52.7 Å². The van der Waals surface area contributed by atoms with Crippen LogP contribution in [0.1, 0.15) is 56.3 Å². The largest absolute Gasteiger partial charge is 0.496 e. The van der Waals surface area contributed by atoms with Gasteiger partial charge in [-0.05, 0) is 67.6 Å². The van der Waals surface area contributed by atoms with Crippen LogP contribution in [0.15, 0.2) is 42.5 Å². The smallest absolute Gasteiger partial charge is 0.261 e. The molecule has 0 spiro atoms. The van der Waals surface area contributed by atoms with Crippen LogP contribution in [-0.2, 0) is 4.79 Å². The number of aryl methyl sites for hydroxylation is 1. The van der Waals surface area contributed by atoms with Crippen molar-refractivity contribution in [2.75, 3.05) is 7.11 Å². The number of carbonyl (C=O) groups excluding carboxylic acids is 1. The van der Waals surface area contributed by atoms with E-state index in [1.165, 1.54) is 0 Å². The molecular weight excluding hydrogens is 326 g/mol. The zero-order valence-electron chi connectivity index (χ0n) is 16.5. The van der Waals surface area contributed by atoms with Crippen molar-refractivity contribution >= 4 is 5.91 Å². The summed E-state index contributed by atoms with van der Waals surface area (Å²) in [6.07, 6.45) is -0.567. The summed E-state index contributed by atoms with van der Waals surface area (Å²) in [6, 6.07) is 13.4. The lowest BCUT2D eigenvalue weighted by atomic mass is 9.93. The lowest BCUT2D eigenvalue weighted by Gasteiger charge is -2.22. The van der Waals surface area contributed by atoms with Crippen LogP contribution >= 0.6 is 0 Å². The second kappa shape index (κ2) is 8.75. The summed E-state index contributed by atoms with van der Waals surface area (Å²) in [5.41, 5.74) is 3.33. The molecule has 26 heavy (non-hydrogen) atoms. The van der Waals surface area contributed by atoms with Gasteiger partial charge in [0.2, 0.25) is 0 Å². The Balaban J connectivity index is 2.12. The molecule has 1 N–H and O–H groups in total. The first-order chi connectivity index (χ1) is 12.3. The molecule has 2 atom stereocenters. The van der Waals surface area contributed by atoms with Gasteiger partial charge in [0.15, 0.2) is 6.10 Å². The fourth-order valence-electron chi connectivity index (χ4n) is 2.98. The Labute approximate surface area is 156 Å². The molecule has 0 unspecified atom stereocenters. The van der Waals surface area contributed by atoms with E-state index in [0.717, 1.165) is 22.4 Å². The molecule has 0 aliphatic heterocycles. The Morgan fingerprint density at radius 1 is 1.00 bits per heavy atom. The van der Waals surface area contributed by atoms with Crippen molar-refractivity contribution in [2.24, 2.45) is 0 Å². The zero-order valence-corrected chi connectivity index (χ0v) is 16.5. The van der Waals surface area contributed by atoms with Crippen molar-refractivity contribution < 1.29 is 14.3 Å². The predicted octanol–water partition coefficient (Wildman–Crippen LogP) is 4.77. The number of ether oxygens (including phenoxy) is 2. The highest BCUT2D eigenvalue weighted by atomic mass is 16.5. The average Bonchev–Trinajstić information content (AvgIpc) is 2.61. The molecule has 4 heteroatoms. The van der Waals surface area contributed by atoms with Crippen LogP contribution in [0.5, 0.6) is 11.5 Å². The van der Waals surface area contributed by atoms with Gasteiger partial charge < -0.3 is 14.8 Å². The molecule has 0 aliphatic carbocycles. The van der Waals surface area contributed by atoms with E-state index in [4.69, 9.17) is 9.47 Å². The summed E-state index contributed by atoms with van der Waals surface area (Å²) in [6.45, 7) is 10.1. The van der Waals surface area contributed by atoms with E-state index in [1.807, 2.05) is 50.2 Å². The van der Waals surface area contributed by atoms with E-state index in [9.17, 15) is 4.79 Å². The molecule has 2 aromatic rings. The molecule has 0 aromatic heterocycles. The van der Waals surface area contributed by atoms with E-state index >= 15 is 0 Å². The molecule has 140 valence electrons. The topological polar surface area (TPSA) is 47.6 Å². The Kier molecular flexibility index (Phi) is 6.67. The average molecular weight is 355 g/mol. The zero-order chi connectivity index (χ0) is 19.3. The number of carbonyl (C=O) groups is 1. The van der Waals surface area contributed by atoms with Crippen LogP contribution in [0.25, 0.3) is 0 Å². The quantitative estimate of drug-likeness (QED) is 0.778. The lowest BCUT2D eigenvalue weighted by molar-refractivity contribution is -0.127. The molecule has 0 radical (unpaired) electrons. The molecular formula is C22H29NO3. The number of nitrogens with one attached hydrogen (secondary N) is 1. The maximum atomic E-state index is 12.5. The minimum Gasteiger partial charge on any atom is -0.496 e. The summed E-state index contributed by atoms with van der Waals surface area (Å²) in [5, 5.41) is 3.06. The van der Waals surface area contributed by atoms with Crippen molar-refractivity contribution in [3.8, 4) is 11.5 Å². The fourth-order valence-corrected chi connectivity index (χ4v) is 2.98. The van der Waals surface area contributed by atoms with Crippen LogP contribution < -0.4 is 14.8 Å². The van der Waals surface area contributed by atoms with Crippen LogP contribution in [-0.4, -0.2) is 19.1 Å². The second-order valence-electron chi connectivity index (χ2n) is 6.91. The maximum absolute atomic E-state index is 12.5. The molecule has 0 saturated carbocycles. The fraction of sp³-hybridized carbons (Fsp3) is 0.409. The summed E-state index contributed by atoms with van der Waals surface area (Å²) in [7, 11) is 1.69. The van der Waals surface area contributed by atoms with Gasteiger partial charge in [-0.2, -0.15) is 0 Å². The van der Waals surface area contributed by atoms with E-state index in [2.05, 4.69) is 25.2 Å². The predicted molar refractivity (Wildman–Crippen MR) is 105 cm³/mol. The standard InChI is InChI=1S/C22H29NO3/c1-14(2)19-13-20(15(3)12-21(19)25-6)16(4)23-22(24)17(5)26-18-10-8-7-9-11-18/h7-14,16-17H,1-6H3,(H,23,24)/t16-,17+/m0/s1. The minimum atomic E-state index is -0.567. The highest BCUT2D eigenvalue weighted by molar-refractivity contribution is 5.81. The molecule has 2 rings (SSSR count). The summed E-state index contributed by atoms with van der Waals surface area (Å²) < 4.78 is 11.2. The van der Waals surface area contributed by atoms with Gasteiger partial charge in [0.1, 0.15) is 11.5 Å². The van der Waals surface area contributed by atoms with Crippen LogP contribution in [0.2, 0.25) is 0 Å². The normalized spacial score (nSPS) is 13.2. The van der Waals surface area contributed by atoms with Crippen molar-refractivity contribution in [1.29, 1.82) is 0 Å². The van der Waals surface area contributed by atoms with Gasteiger partial charge >= 0.3 is 0 Å². The molecule has 2 aromatic carbocycles. The number of rotatable bonds is 7. The first-order valence-electron chi connectivity index (χ1n) is 9.04. The van der Waals surface area contributed by atoms with Crippen molar-refractivity contribution in [3.05, 3.63) is 59.2 Å². The first kappa shape index (κ1) is 19.8. The van der Waals surface area contributed by atoms with E-state index in [-0.39, 0.29) is 11.9 Å². The molecule has 0 heterocycles. The number of hydrogen-bond acceptors (Lipinski definition) is 3. The third-order valence-electron chi connectivity index (χ3n) is 4.49. The number of benzene rings is 2. The Morgan fingerprint density at radius 3 is 2.23 bits per heavy atom. The van der Waals surface area contributed by atoms with Gasteiger partial charge in [0.25, 0.3) is 5.91 Å². The molecule has 0 saturated heterocycles. The molecule has 0 fully saturated rings. The van der Waals surface area contributed by atoms with E-state index < -0.39 is 6.10 Å². The van der Waals surface area contributed by atoms with E-state index in [1.54, 1.807) is 14.0 Å². The Morgan fingerprint density at radius 2 is 1.65 bits per heavy atom. The highest BCUT2D eigenvalue weighted by Gasteiger charge is 2.20. The number of methoxy groups -OCH3 is 1. The van der Waals surface area contributed by atoms with Crippen LogP contribution in [0.3, 0.4) is 0 Å². The van der Waals surface area contributed by atoms with Crippen LogP contribution in [0.4, 0.5) is 0 Å². The molecule has 0 aliphatic rings. The van der Waals surface area contributed by atoms with Gasteiger partial charge in [0.05, 0.1) is 13.2 Å². The molecule has 1 amide bonds. The maximum Gasteiger partial charge on any atom is 0.261 e. The minimum absolute atomic E-state index is 0.118. The van der Waals surface area contributed by atoms with Crippen LogP contribution in [0, 0.1) is 6.92 Å². The number of hydrogen-bond donors (Lipinski definition) is 1. The van der Waals surface area contributed by atoms with Gasteiger partial charge in [0, 0.05) is 0 Å². The summed E-state index contributed by atoms with van der Waals surface area (Å²) >= 11 is 0. The summed E-state index contributed by atoms with van der Waals surface area (Å²) in [4.78, 5) is 12.5. The highest BCUT2D eigenvalue weighted by Crippen LogP contribution is 2.32. The monoisotopic (exact) mass is 355 g/mol. The Hall–Kier alpha value is -2.49. The second-order valence-corrected chi connectivity index (χ2v) is 6.91. The molecule has 0 bridgehead atoms. The van der Waals surface area contributed by atoms with Gasteiger partial charge in [-0.15, -0.1) is 0 Å². The molecule has 4 nitrogen and oxygen atoms in total. The number of para-hydroxylation sites is 1. The third-order valence-corrected chi connectivity index (χ3v) is 4.49. The Bertz CT molecular complexity index is 741. The van der Waals surface area contributed by atoms with Gasteiger partial charge in [-0.3, -0.25) is 4.79 Å². The summed E-state index contributed by atoms with van der Waals surface area (Å²) in [5.74, 6) is 1.78. The first-order valence-corrected chi connectivity index (χ1v) is 9.04. The third kappa shape index (κ3) is 4.78.